The molecule has 0 unspecified atom stereocenters. The van der Waals surface area contributed by atoms with E-state index in [1.165, 1.54) is 5.56 Å². The first-order chi connectivity index (χ1) is 9.69. The predicted molar refractivity (Wildman–Crippen MR) is 81.7 cm³/mol. The van der Waals surface area contributed by atoms with Gasteiger partial charge in [-0.15, -0.1) is 0 Å². The molecule has 0 aromatic heterocycles. The van der Waals surface area contributed by atoms with Gasteiger partial charge in [-0.3, -0.25) is 5.43 Å². The second-order valence-corrected chi connectivity index (χ2v) is 4.40. The van der Waals surface area contributed by atoms with E-state index >= 15 is 0 Å². The van der Waals surface area contributed by atoms with Crippen molar-refractivity contribution in [2.75, 3.05) is 12.0 Å². The first-order valence-corrected chi connectivity index (χ1v) is 6.50. The fraction of sp³-hybridized carbons (Fsp3) is 0.188. The maximum absolute atomic E-state index is 9.61. The molecule has 0 aliphatic carbocycles. The van der Waals surface area contributed by atoms with Crippen molar-refractivity contribution in [3.05, 3.63) is 53.6 Å². The number of rotatable bonds is 5. The van der Waals surface area contributed by atoms with Gasteiger partial charge in [0.1, 0.15) is 0 Å². The summed E-state index contributed by atoms with van der Waals surface area (Å²) in [4.78, 5) is 0. The Kier molecular flexibility index (Phi) is 4.60. The highest BCUT2D eigenvalue weighted by Gasteiger charge is 2.01. The molecule has 4 nitrogen and oxygen atoms in total. The minimum absolute atomic E-state index is 0.135. The van der Waals surface area contributed by atoms with Crippen molar-refractivity contribution in [1.29, 1.82) is 0 Å². The number of hydrazone groups is 1. The molecule has 2 rings (SSSR count). The number of benzene rings is 2. The minimum atomic E-state index is 0.135. The van der Waals surface area contributed by atoms with Crippen LogP contribution >= 0.6 is 0 Å². The number of aromatic hydroxyl groups is 1. The van der Waals surface area contributed by atoms with Crippen molar-refractivity contribution in [1.82, 2.24) is 0 Å². The van der Waals surface area contributed by atoms with Crippen LogP contribution < -0.4 is 10.2 Å². The summed E-state index contributed by atoms with van der Waals surface area (Å²) in [6, 6.07) is 13.1. The molecule has 0 saturated heterocycles. The number of anilines is 1. The quantitative estimate of drug-likeness (QED) is 0.645. The predicted octanol–water partition coefficient (Wildman–Crippen LogP) is 3.55. The highest BCUT2D eigenvalue weighted by molar-refractivity contribution is 5.81. The van der Waals surface area contributed by atoms with Crippen LogP contribution in [0, 0.1) is 6.92 Å². The standard InChI is InChI=1S/C16H18N2O2/c1-3-20-16-10-13(7-8-15(16)19)11-17-18-14-6-4-5-12(2)9-14/h4-11,18-19H,3H2,1-2H3. The third kappa shape index (κ3) is 3.75. The summed E-state index contributed by atoms with van der Waals surface area (Å²) in [5, 5.41) is 13.8. The van der Waals surface area contributed by atoms with E-state index in [-0.39, 0.29) is 5.75 Å². The fourth-order valence-corrected chi connectivity index (χ4v) is 1.78. The zero-order valence-electron chi connectivity index (χ0n) is 11.6. The molecule has 2 N–H and O–H groups in total. The van der Waals surface area contributed by atoms with Crippen molar-refractivity contribution in [2.24, 2.45) is 5.10 Å². The molecule has 0 aliphatic heterocycles. The van der Waals surface area contributed by atoms with E-state index < -0.39 is 0 Å². The summed E-state index contributed by atoms with van der Waals surface area (Å²) >= 11 is 0. The Bertz CT molecular complexity index is 609. The van der Waals surface area contributed by atoms with Crippen molar-refractivity contribution in [2.45, 2.75) is 13.8 Å². The van der Waals surface area contributed by atoms with Gasteiger partial charge in [0, 0.05) is 0 Å². The first-order valence-electron chi connectivity index (χ1n) is 6.50. The smallest absolute Gasteiger partial charge is 0.161 e. The lowest BCUT2D eigenvalue weighted by Crippen LogP contribution is -1.94. The van der Waals surface area contributed by atoms with E-state index in [4.69, 9.17) is 4.74 Å². The largest absolute Gasteiger partial charge is 0.504 e. The van der Waals surface area contributed by atoms with Crippen molar-refractivity contribution in [3.63, 3.8) is 0 Å². The Morgan fingerprint density at radius 1 is 1.25 bits per heavy atom. The van der Waals surface area contributed by atoms with E-state index in [0.29, 0.717) is 12.4 Å². The number of nitrogens with zero attached hydrogens (tertiary/aromatic N) is 1. The highest BCUT2D eigenvalue weighted by atomic mass is 16.5. The number of hydrogen-bond donors (Lipinski definition) is 2. The molecule has 0 atom stereocenters. The van der Waals surface area contributed by atoms with E-state index in [2.05, 4.69) is 10.5 Å². The van der Waals surface area contributed by atoms with Crippen molar-refractivity contribution in [3.8, 4) is 11.5 Å². The number of nitrogens with one attached hydrogen (secondary N) is 1. The van der Waals surface area contributed by atoms with Crippen LogP contribution in [0.2, 0.25) is 0 Å². The summed E-state index contributed by atoms with van der Waals surface area (Å²) in [5.74, 6) is 0.600. The third-order valence-corrected chi connectivity index (χ3v) is 2.71. The third-order valence-electron chi connectivity index (χ3n) is 2.71. The Hall–Kier alpha value is -2.49. The fourth-order valence-electron chi connectivity index (χ4n) is 1.78. The molecule has 20 heavy (non-hydrogen) atoms. The van der Waals surface area contributed by atoms with Crippen LogP contribution in [-0.4, -0.2) is 17.9 Å². The Morgan fingerprint density at radius 3 is 2.85 bits per heavy atom. The zero-order chi connectivity index (χ0) is 14.4. The summed E-state index contributed by atoms with van der Waals surface area (Å²) < 4.78 is 5.33. The molecule has 0 radical (unpaired) electrons. The summed E-state index contributed by atoms with van der Waals surface area (Å²) in [5.41, 5.74) is 5.93. The molecule has 0 heterocycles. The highest BCUT2D eigenvalue weighted by Crippen LogP contribution is 2.26. The van der Waals surface area contributed by atoms with Gasteiger partial charge in [0.15, 0.2) is 11.5 Å². The lowest BCUT2D eigenvalue weighted by molar-refractivity contribution is 0.318. The van der Waals surface area contributed by atoms with Gasteiger partial charge in [0.2, 0.25) is 0 Å². The van der Waals surface area contributed by atoms with Crippen LogP contribution in [0.15, 0.2) is 47.6 Å². The molecule has 2 aromatic carbocycles. The molecule has 2 aromatic rings. The molecule has 4 heteroatoms. The number of phenolic OH excluding ortho intramolecular Hbond substituents is 1. The molecular formula is C16H18N2O2. The lowest BCUT2D eigenvalue weighted by Gasteiger charge is -2.06. The SMILES string of the molecule is CCOc1cc(C=NNc2cccc(C)c2)ccc1O. The van der Waals surface area contributed by atoms with Gasteiger partial charge in [-0.25, -0.2) is 0 Å². The van der Waals surface area contributed by atoms with E-state index in [0.717, 1.165) is 11.3 Å². The van der Waals surface area contributed by atoms with E-state index in [1.54, 1.807) is 24.4 Å². The number of hydrogen-bond acceptors (Lipinski definition) is 4. The second-order valence-electron chi connectivity index (χ2n) is 4.40. The van der Waals surface area contributed by atoms with Crippen LogP contribution in [0.4, 0.5) is 5.69 Å². The molecule has 0 fully saturated rings. The van der Waals surface area contributed by atoms with Gasteiger partial charge in [-0.1, -0.05) is 12.1 Å². The Balaban J connectivity index is 2.06. The van der Waals surface area contributed by atoms with Crippen LogP contribution in [0.3, 0.4) is 0 Å². The number of ether oxygens (including phenoxy) is 1. The summed E-state index contributed by atoms with van der Waals surface area (Å²) in [6.07, 6.45) is 1.68. The number of phenols is 1. The zero-order valence-corrected chi connectivity index (χ0v) is 11.6. The van der Waals surface area contributed by atoms with Crippen LogP contribution in [0.1, 0.15) is 18.1 Å². The van der Waals surface area contributed by atoms with Crippen molar-refractivity contribution >= 4 is 11.9 Å². The van der Waals surface area contributed by atoms with Crippen LogP contribution in [-0.2, 0) is 0 Å². The Morgan fingerprint density at radius 2 is 2.10 bits per heavy atom. The maximum atomic E-state index is 9.61. The molecule has 0 bridgehead atoms. The first kappa shape index (κ1) is 13.9. The molecule has 104 valence electrons. The number of aryl methyl sites for hydroxylation is 1. The van der Waals surface area contributed by atoms with E-state index in [9.17, 15) is 5.11 Å². The van der Waals surface area contributed by atoms with Crippen molar-refractivity contribution < 1.29 is 9.84 Å². The van der Waals surface area contributed by atoms with E-state index in [1.807, 2.05) is 38.1 Å². The second kappa shape index (κ2) is 6.61. The molecule has 0 spiro atoms. The van der Waals surface area contributed by atoms with Crippen LogP contribution in [0.25, 0.3) is 0 Å². The molecule has 0 amide bonds. The van der Waals surface area contributed by atoms with Gasteiger partial charge in [0.25, 0.3) is 0 Å². The molecular weight excluding hydrogens is 252 g/mol. The normalized spacial score (nSPS) is 10.7. The summed E-state index contributed by atoms with van der Waals surface area (Å²) in [6.45, 7) is 4.42. The minimum Gasteiger partial charge on any atom is -0.504 e. The van der Waals surface area contributed by atoms with Gasteiger partial charge < -0.3 is 9.84 Å². The maximum Gasteiger partial charge on any atom is 0.161 e. The molecule has 0 saturated carbocycles. The molecule has 0 aliphatic rings. The van der Waals surface area contributed by atoms with Gasteiger partial charge in [0.05, 0.1) is 18.5 Å². The van der Waals surface area contributed by atoms with Crippen LogP contribution in [0.5, 0.6) is 11.5 Å². The summed E-state index contributed by atoms with van der Waals surface area (Å²) in [7, 11) is 0. The average molecular weight is 270 g/mol. The Labute approximate surface area is 118 Å². The monoisotopic (exact) mass is 270 g/mol. The van der Waals surface area contributed by atoms with Gasteiger partial charge in [-0.2, -0.15) is 5.10 Å². The topological polar surface area (TPSA) is 53.8 Å². The average Bonchev–Trinajstić information content (AvgIpc) is 2.43. The van der Waals surface area contributed by atoms with Gasteiger partial charge >= 0.3 is 0 Å². The van der Waals surface area contributed by atoms with Gasteiger partial charge in [-0.05, 0) is 55.3 Å². The lowest BCUT2D eigenvalue weighted by atomic mass is 10.2.